The molecule has 1 heterocycles. The van der Waals surface area contributed by atoms with Crippen LogP contribution in [0.5, 0.6) is 0 Å². The normalized spacial score (nSPS) is 18.9. The van der Waals surface area contributed by atoms with Gasteiger partial charge in [0.1, 0.15) is 0 Å². The van der Waals surface area contributed by atoms with Gasteiger partial charge in [0, 0.05) is 38.4 Å². The highest BCUT2D eigenvalue weighted by Crippen LogP contribution is 2.15. The average molecular weight is 248 g/mol. The Morgan fingerprint density at radius 3 is 2.39 bits per heavy atom. The zero-order chi connectivity index (χ0) is 12.8. The van der Waals surface area contributed by atoms with Gasteiger partial charge in [-0.25, -0.2) is 0 Å². The van der Waals surface area contributed by atoms with Gasteiger partial charge in [-0.1, -0.05) is 31.5 Å². The van der Waals surface area contributed by atoms with Crippen molar-refractivity contribution in [3.8, 4) is 0 Å². The van der Waals surface area contributed by atoms with Gasteiger partial charge in [0.15, 0.2) is 0 Å². The number of aliphatic hydroxyl groups excluding tert-OH is 1. The summed E-state index contributed by atoms with van der Waals surface area (Å²) in [5.74, 6) is 0. The molecule has 0 spiro atoms. The minimum Gasteiger partial charge on any atom is -0.392 e. The van der Waals surface area contributed by atoms with Crippen LogP contribution in [-0.2, 0) is 0 Å². The van der Waals surface area contributed by atoms with Gasteiger partial charge in [0.2, 0.25) is 0 Å². The van der Waals surface area contributed by atoms with Crippen LogP contribution in [0.2, 0.25) is 0 Å². The van der Waals surface area contributed by atoms with Crippen LogP contribution in [-0.4, -0.2) is 48.8 Å². The van der Waals surface area contributed by atoms with Crippen molar-refractivity contribution in [2.24, 2.45) is 0 Å². The summed E-state index contributed by atoms with van der Waals surface area (Å²) in [6.45, 7) is 7.17. The summed E-state index contributed by atoms with van der Waals surface area (Å²) in [5.41, 5.74) is 1.31. The number of hydrogen-bond donors (Lipinski definition) is 1. The summed E-state index contributed by atoms with van der Waals surface area (Å²) in [7, 11) is 0. The van der Waals surface area contributed by atoms with E-state index in [2.05, 4.69) is 47.1 Å². The zero-order valence-corrected chi connectivity index (χ0v) is 11.3. The van der Waals surface area contributed by atoms with E-state index >= 15 is 0 Å². The van der Waals surface area contributed by atoms with Crippen LogP contribution in [0, 0.1) is 0 Å². The SMILES string of the molecule is CCCC(O)CN1CCN(c2ccccc2)CC1. The van der Waals surface area contributed by atoms with E-state index in [1.807, 2.05) is 0 Å². The van der Waals surface area contributed by atoms with E-state index in [4.69, 9.17) is 0 Å². The van der Waals surface area contributed by atoms with Crippen molar-refractivity contribution in [1.82, 2.24) is 4.90 Å². The highest BCUT2D eigenvalue weighted by Gasteiger charge is 2.18. The maximum Gasteiger partial charge on any atom is 0.0667 e. The molecule has 0 saturated carbocycles. The molecule has 1 N–H and O–H groups in total. The highest BCUT2D eigenvalue weighted by molar-refractivity contribution is 5.46. The Morgan fingerprint density at radius 1 is 1.11 bits per heavy atom. The minimum atomic E-state index is -0.154. The van der Waals surface area contributed by atoms with E-state index in [1.165, 1.54) is 5.69 Å². The van der Waals surface area contributed by atoms with Gasteiger partial charge in [0.25, 0.3) is 0 Å². The molecule has 1 unspecified atom stereocenters. The van der Waals surface area contributed by atoms with Gasteiger partial charge in [-0.05, 0) is 18.6 Å². The third-order valence-corrected chi connectivity index (χ3v) is 3.58. The fraction of sp³-hybridized carbons (Fsp3) is 0.600. The number of para-hydroxylation sites is 1. The minimum absolute atomic E-state index is 0.154. The second-order valence-electron chi connectivity index (χ2n) is 5.07. The zero-order valence-electron chi connectivity index (χ0n) is 11.3. The smallest absolute Gasteiger partial charge is 0.0667 e. The Balaban J connectivity index is 1.78. The first-order chi connectivity index (χ1) is 8.79. The van der Waals surface area contributed by atoms with Crippen molar-refractivity contribution in [1.29, 1.82) is 0 Å². The maximum absolute atomic E-state index is 9.83. The van der Waals surface area contributed by atoms with Gasteiger partial charge in [-0.3, -0.25) is 4.90 Å². The van der Waals surface area contributed by atoms with Gasteiger partial charge < -0.3 is 10.0 Å². The lowest BCUT2D eigenvalue weighted by Gasteiger charge is -2.36. The van der Waals surface area contributed by atoms with Crippen LogP contribution in [0.15, 0.2) is 30.3 Å². The Labute approximate surface area is 110 Å². The predicted octanol–water partition coefficient (Wildman–Crippen LogP) is 1.97. The summed E-state index contributed by atoms with van der Waals surface area (Å²) in [6.07, 6.45) is 1.82. The first kappa shape index (κ1) is 13.4. The molecule has 0 bridgehead atoms. The molecule has 1 atom stereocenters. The lowest BCUT2D eigenvalue weighted by atomic mass is 10.2. The molecule has 1 aromatic carbocycles. The maximum atomic E-state index is 9.83. The van der Waals surface area contributed by atoms with Crippen LogP contribution >= 0.6 is 0 Å². The van der Waals surface area contributed by atoms with Crippen molar-refractivity contribution in [3.05, 3.63) is 30.3 Å². The number of anilines is 1. The number of piperazine rings is 1. The number of rotatable bonds is 5. The van der Waals surface area contributed by atoms with E-state index in [1.54, 1.807) is 0 Å². The molecule has 100 valence electrons. The predicted molar refractivity (Wildman–Crippen MR) is 76.0 cm³/mol. The number of benzene rings is 1. The summed E-state index contributed by atoms with van der Waals surface area (Å²) >= 11 is 0. The Morgan fingerprint density at radius 2 is 1.78 bits per heavy atom. The van der Waals surface area contributed by atoms with E-state index < -0.39 is 0 Å². The molecule has 1 saturated heterocycles. The van der Waals surface area contributed by atoms with Crippen LogP contribution in [0.1, 0.15) is 19.8 Å². The van der Waals surface area contributed by atoms with Crippen LogP contribution in [0.25, 0.3) is 0 Å². The standard InChI is InChI=1S/C15H24N2O/c1-2-6-15(18)13-16-9-11-17(12-10-16)14-7-4-3-5-8-14/h3-5,7-8,15,18H,2,6,9-13H2,1H3. The summed E-state index contributed by atoms with van der Waals surface area (Å²) in [5, 5.41) is 9.83. The van der Waals surface area contributed by atoms with Gasteiger partial charge in [-0.15, -0.1) is 0 Å². The summed E-state index contributed by atoms with van der Waals surface area (Å²) < 4.78 is 0. The molecule has 0 aliphatic carbocycles. The van der Waals surface area contributed by atoms with Crippen molar-refractivity contribution in [3.63, 3.8) is 0 Å². The molecule has 0 amide bonds. The molecular weight excluding hydrogens is 224 g/mol. The lowest BCUT2D eigenvalue weighted by Crippen LogP contribution is -2.48. The summed E-state index contributed by atoms with van der Waals surface area (Å²) in [4.78, 5) is 4.79. The molecule has 3 heteroatoms. The Bertz CT molecular complexity index is 334. The molecule has 1 aliphatic rings. The number of hydrogen-bond acceptors (Lipinski definition) is 3. The van der Waals surface area contributed by atoms with E-state index in [-0.39, 0.29) is 6.10 Å². The molecule has 1 fully saturated rings. The fourth-order valence-electron chi connectivity index (χ4n) is 2.55. The number of aliphatic hydroxyl groups is 1. The topological polar surface area (TPSA) is 26.7 Å². The fourth-order valence-corrected chi connectivity index (χ4v) is 2.55. The first-order valence-electron chi connectivity index (χ1n) is 7.00. The van der Waals surface area contributed by atoms with E-state index in [9.17, 15) is 5.11 Å². The molecule has 2 rings (SSSR count). The second-order valence-corrected chi connectivity index (χ2v) is 5.07. The number of β-amino-alcohol motifs (C(OH)–C–C–N with tert-alkyl or cyclic N) is 1. The Kier molecular flexibility index (Phi) is 5.02. The monoisotopic (exact) mass is 248 g/mol. The van der Waals surface area contributed by atoms with Crippen LogP contribution in [0.3, 0.4) is 0 Å². The van der Waals surface area contributed by atoms with Crippen molar-refractivity contribution < 1.29 is 5.11 Å². The van der Waals surface area contributed by atoms with Gasteiger partial charge in [0.05, 0.1) is 6.10 Å². The molecule has 0 radical (unpaired) electrons. The molecule has 1 aliphatic heterocycles. The second kappa shape index (κ2) is 6.76. The quantitative estimate of drug-likeness (QED) is 0.863. The van der Waals surface area contributed by atoms with Crippen LogP contribution in [0.4, 0.5) is 5.69 Å². The first-order valence-corrected chi connectivity index (χ1v) is 7.00. The van der Waals surface area contributed by atoms with Crippen molar-refractivity contribution >= 4 is 5.69 Å². The Hall–Kier alpha value is -1.06. The summed E-state index contributed by atoms with van der Waals surface area (Å²) in [6, 6.07) is 10.6. The molecule has 1 aromatic rings. The van der Waals surface area contributed by atoms with E-state index in [0.717, 1.165) is 45.6 Å². The van der Waals surface area contributed by atoms with E-state index in [0.29, 0.717) is 0 Å². The molecule has 0 aromatic heterocycles. The van der Waals surface area contributed by atoms with Crippen molar-refractivity contribution in [2.45, 2.75) is 25.9 Å². The molecular formula is C15H24N2O. The van der Waals surface area contributed by atoms with Crippen molar-refractivity contribution in [2.75, 3.05) is 37.6 Å². The third kappa shape index (κ3) is 3.72. The van der Waals surface area contributed by atoms with Gasteiger partial charge in [-0.2, -0.15) is 0 Å². The third-order valence-electron chi connectivity index (χ3n) is 3.58. The number of nitrogens with zero attached hydrogens (tertiary/aromatic N) is 2. The highest BCUT2D eigenvalue weighted by atomic mass is 16.3. The molecule has 18 heavy (non-hydrogen) atoms. The van der Waals surface area contributed by atoms with Gasteiger partial charge >= 0.3 is 0 Å². The average Bonchev–Trinajstić information content (AvgIpc) is 2.41. The largest absolute Gasteiger partial charge is 0.392 e. The van der Waals surface area contributed by atoms with Crippen LogP contribution < -0.4 is 4.90 Å². The molecule has 3 nitrogen and oxygen atoms in total. The lowest BCUT2D eigenvalue weighted by molar-refractivity contribution is 0.101.